The molecule has 1 aromatic heterocycles. The van der Waals surface area contributed by atoms with Crippen molar-refractivity contribution in [2.45, 2.75) is 66.5 Å². The van der Waals surface area contributed by atoms with Crippen LogP contribution in [0.5, 0.6) is 0 Å². The van der Waals surface area contributed by atoms with E-state index in [1.165, 1.54) is 11.1 Å². The molecule has 1 unspecified atom stereocenters. The van der Waals surface area contributed by atoms with E-state index < -0.39 is 0 Å². The number of anilines is 1. The van der Waals surface area contributed by atoms with Crippen molar-refractivity contribution in [3.8, 4) is 0 Å². The van der Waals surface area contributed by atoms with Crippen LogP contribution in [0.2, 0.25) is 0 Å². The summed E-state index contributed by atoms with van der Waals surface area (Å²) in [5.74, 6) is 1.74. The lowest BCUT2D eigenvalue weighted by molar-refractivity contribution is 0.564. The fraction of sp³-hybridized carbons (Fsp3) is 0.706. The quantitative estimate of drug-likeness (QED) is 0.829. The lowest BCUT2D eigenvalue weighted by Gasteiger charge is -2.31. The first-order valence-corrected chi connectivity index (χ1v) is 7.82. The van der Waals surface area contributed by atoms with Crippen LogP contribution in [0.15, 0.2) is 12.3 Å². The van der Waals surface area contributed by atoms with E-state index >= 15 is 0 Å². The summed E-state index contributed by atoms with van der Waals surface area (Å²) < 4.78 is 0. The summed E-state index contributed by atoms with van der Waals surface area (Å²) in [6.07, 6.45) is 3.91. The number of hydrogen-bond acceptors (Lipinski definition) is 3. The normalized spacial score (nSPS) is 13.1. The Hall–Kier alpha value is -1.09. The van der Waals surface area contributed by atoms with E-state index in [0.29, 0.717) is 12.0 Å². The minimum absolute atomic E-state index is 0.235. The van der Waals surface area contributed by atoms with Crippen LogP contribution in [0.3, 0.4) is 0 Å². The molecule has 0 fully saturated rings. The first kappa shape index (κ1) is 17.0. The zero-order chi connectivity index (χ0) is 15.3. The molecule has 1 heterocycles. The number of rotatable bonds is 7. The van der Waals surface area contributed by atoms with Crippen molar-refractivity contribution in [1.82, 2.24) is 4.98 Å². The molecule has 0 bridgehead atoms. The summed E-state index contributed by atoms with van der Waals surface area (Å²) in [6.45, 7) is 14.3. The summed E-state index contributed by atoms with van der Waals surface area (Å²) in [7, 11) is 0. The fourth-order valence-electron chi connectivity index (χ4n) is 2.42. The van der Waals surface area contributed by atoms with E-state index in [2.05, 4.69) is 52.5 Å². The number of pyridine rings is 1. The van der Waals surface area contributed by atoms with Gasteiger partial charge in [0.1, 0.15) is 5.82 Å². The van der Waals surface area contributed by atoms with Crippen LogP contribution in [0.4, 0.5) is 5.82 Å². The summed E-state index contributed by atoms with van der Waals surface area (Å²) in [4.78, 5) is 7.10. The summed E-state index contributed by atoms with van der Waals surface area (Å²) in [5.41, 5.74) is 8.52. The molecule has 1 rings (SSSR count). The van der Waals surface area contributed by atoms with E-state index in [1.54, 1.807) is 0 Å². The van der Waals surface area contributed by atoms with Gasteiger partial charge in [-0.1, -0.05) is 26.8 Å². The zero-order valence-corrected chi connectivity index (χ0v) is 14.0. The highest BCUT2D eigenvalue weighted by molar-refractivity contribution is 5.48. The first-order valence-electron chi connectivity index (χ1n) is 7.82. The van der Waals surface area contributed by atoms with Gasteiger partial charge in [0.05, 0.1) is 0 Å². The molecule has 0 aliphatic rings. The molecule has 20 heavy (non-hydrogen) atoms. The Morgan fingerprint density at radius 3 is 2.35 bits per heavy atom. The van der Waals surface area contributed by atoms with E-state index in [4.69, 9.17) is 10.7 Å². The number of aryl methyl sites for hydroxylation is 1. The molecular formula is C17H31N3. The van der Waals surface area contributed by atoms with Gasteiger partial charge in [0.15, 0.2) is 0 Å². The smallest absolute Gasteiger partial charge is 0.131 e. The maximum absolute atomic E-state index is 6.03. The molecule has 1 atom stereocenters. The SMILES string of the molecule is CCC(N)Cc1cnc(N(CC(C)C)C(C)C)c(C)c1. The summed E-state index contributed by atoms with van der Waals surface area (Å²) >= 11 is 0. The maximum Gasteiger partial charge on any atom is 0.131 e. The Morgan fingerprint density at radius 1 is 1.25 bits per heavy atom. The molecule has 1 aromatic rings. The molecule has 0 aliphatic carbocycles. The fourth-order valence-corrected chi connectivity index (χ4v) is 2.42. The molecule has 3 nitrogen and oxygen atoms in total. The third-order valence-corrected chi connectivity index (χ3v) is 3.59. The van der Waals surface area contributed by atoms with Gasteiger partial charge in [0.2, 0.25) is 0 Å². The Kier molecular flexibility index (Phi) is 6.47. The van der Waals surface area contributed by atoms with E-state index in [1.807, 2.05) is 6.20 Å². The van der Waals surface area contributed by atoms with Crippen molar-refractivity contribution in [2.24, 2.45) is 11.7 Å². The van der Waals surface area contributed by atoms with E-state index in [-0.39, 0.29) is 6.04 Å². The van der Waals surface area contributed by atoms with Gasteiger partial charge >= 0.3 is 0 Å². The minimum Gasteiger partial charge on any atom is -0.354 e. The second-order valence-electron chi connectivity index (χ2n) is 6.50. The molecule has 0 amide bonds. The molecule has 0 aliphatic heterocycles. The molecule has 114 valence electrons. The zero-order valence-electron chi connectivity index (χ0n) is 14.0. The molecule has 0 saturated heterocycles. The average Bonchev–Trinajstić information content (AvgIpc) is 2.36. The van der Waals surface area contributed by atoms with Crippen molar-refractivity contribution in [3.63, 3.8) is 0 Å². The predicted molar refractivity (Wildman–Crippen MR) is 88.3 cm³/mol. The van der Waals surface area contributed by atoms with Gasteiger partial charge in [-0.15, -0.1) is 0 Å². The molecule has 2 N–H and O–H groups in total. The highest BCUT2D eigenvalue weighted by atomic mass is 15.2. The summed E-state index contributed by atoms with van der Waals surface area (Å²) in [6, 6.07) is 2.94. The largest absolute Gasteiger partial charge is 0.354 e. The molecule has 0 aromatic carbocycles. The van der Waals surface area contributed by atoms with Gasteiger partial charge < -0.3 is 10.6 Å². The third kappa shape index (κ3) is 4.78. The van der Waals surface area contributed by atoms with Crippen LogP contribution in [0.1, 0.15) is 52.2 Å². The molecule has 3 heteroatoms. The summed E-state index contributed by atoms with van der Waals surface area (Å²) in [5, 5.41) is 0. The second-order valence-corrected chi connectivity index (χ2v) is 6.50. The maximum atomic E-state index is 6.03. The van der Waals surface area contributed by atoms with Crippen LogP contribution in [0, 0.1) is 12.8 Å². The predicted octanol–water partition coefficient (Wildman–Crippen LogP) is 3.54. The Morgan fingerprint density at radius 2 is 1.90 bits per heavy atom. The second kappa shape index (κ2) is 7.63. The van der Waals surface area contributed by atoms with Crippen molar-refractivity contribution in [1.29, 1.82) is 0 Å². The van der Waals surface area contributed by atoms with E-state index in [9.17, 15) is 0 Å². The Bertz CT molecular complexity index is 413. The first-order chi connectivity index (χ1) is 9.35. The van der Waals surface area contributed by atoms with Gasteiger partial charge in [-0.05, 0) is 50.7 Å². The van der Waals surface area contributed by atoms with Gasteiger partial charge in [0, 0.05) is 24.8 Å². The van der Waals surface area contributed by atoms with Crippen molar-refractivity contribution >= 4 is 5.82 Å². The van der Waals surface area contributed by atoms with Gasteiger partial charge in [-0.2, -0.15) is 0 Å². The Balaban J connectivity index is 2.95. The minimum atomic E-state index is 0.235. The van der Waals surface area contributed by atoms with E-state index in [0.717, 1.165) is 25.2 Å². The highest BCUT2D eigenvalue weighted by Crippen LogP contribution is 2.22. The van der Waals surface area contributed by atoms with Crippen LogP contribution in [-0.2, 0) is 6.42 Å². The standard InChI is InChI=1S/C17H31N3/c1-7-16(18)9-15-8-14(6)17(19-10-15)20(13(4)5)11-12(2)3/h8,10,12-13,16H,7,9,11,18H2,1-6H3. The lowest BCUT2D eigenvalue weighted by atomic mass is 10.0. The lowest BCUT2D eigenvalue weighted by Crippen LogP contribution is -2.35. The van der Waals surface area contributed by atoms with Gasteiger partial charge in [0.25, 0.3) is 0 Å². The molecular weight excluding hydrogens is 246 g/mol. The average molecular weight is 277 g/mol. The third-order valence-electron chi connectivity index (χ3n) is 3.59. The van der Waals surface area contributed by atoms with Gasteiger partial charge in [-0.25, -0.2) is 4.98 Å². The number of nitrogens with zero attached hydrogens (tertiary/aromatic N) is 2. The number of aromatic nitrogens is 1. The van der Waals surface area contributed by atoms with Crippen molar-refractivity contribution in [2.75, 3.05) is 11.4 Å². The van der Waals surface area contributed by atoms with Crippen LogP contribution >= 0.6 is 0 Å². The highest BCUT2D eigenvalue weighted by Gasteiger charge is 2.16. The Labute approximate surface area is 124 Å². The molecule has 0 radical (unpaired) electrons. The molecule has 0 spiro atoms. The number of hydrogen-bond donors (Lipinski definition) is 1. The van der Waals surface area contributed by atoms with Crippen LogP contribution < -0.4 is 10.6 Å². The number of nitrogens with two attached hydrogens (primary N) is 1. The van der Waals surface area contributed by atoms with Gasteiger partial charge in [-0.3, -0.25) is 0 Å². The van der Waals surface area contributed by atoms with Crippen molar-refractivity contribution in [3.05, 3.63) is 23.4 Å². The molecule has 0 saturated carbocycles. The monoisotopic (exact) mass is 277 g/mol. The van der Waals surface area contributed by atoms with Crippen LogP contribution in [0.25, 0.3) is 0 Å². The topological polar surface area (TPSA) is 42.1 Å². The van der Waals surface area contributed by atoms with Crippen molar-refractivity contribution < 1.29 is 0 Å². The van der Waals surface area contributed by atoms with Crippen LogP contribution in [-0.4, -0.2) is 23.6 Å².